The summed E-state index contributed by atoms with van der Waals surface area (Å²) in [6.45, 7) is 5.41. The van der Waals surface area contributed by atoms with Crippen LogP contribution in [0.1, 0.15) is 29.9 Å². The highest BCUT2D eigenvalue weighted by Gasteiger charge is 2.20. The molecule has 0 fully saturated rings. The molecule has 1 amide bonds. The Morgan fingerprint density at radius 1 is 1.35 bits per heavy atom. The van der Waals surface area contributed by atoms with Crippen molar-refractivity contribution in [3.63, 3.8) is 0 Å². The summed E-state index contributed by atoms with van der Waals surface area (Å²) in [7, 11) is 0. The van der Waals surface area contributed by atoms with E-state index in [4.69, 9.17) is 5.26 Å². The number of benzene rings is 1. The molecule has 1 atom stereocenters. The molecule has 0 saturated heterocycles. The predicted molar refractivity (Wildman–Crippen MR) is 74.0 cm³/mol. The quantitative estimate of drug-likeness (QED) is 0.923. The molecular formula is C14H15N5O. The molecule has 0 aliphatic heterocycles. The number of aromatic nitrogens is 3. The molecule has 1 N–H and O–H groups in total. The maximum absolute atomic E-state index is 12.2. The summed E-state index contributed by atoms with van der Waals surface area (Å²) in [5.74, 6) is -0.202. The second-order valence-electron chi connectivity index (χ2n) is 4.61. The van der Waals surface area contributed by atoms with Crippen LogP contribution in [-0.2, 0) is 4.79 Å². The van der Waals surface area contributed by atoms with Crippen LogP contribution in [0, 0.1) is 25.2 Å². The zero-order valence-corrected chi connectivity index (χ0v) is 11.6. The number of anilines is 1. The van der Waals surface area contributed by atoms with Gasteiger partial charge in [0.2, 0.25) is 5.91 Å². The lowest BCUT2D eigenvalue weighted by Gasteiger charge is -2.13. The van der Waals surface area contributed by atoms with Gasteiger partial charge in [0.1, 0.15) is 12.1 Å². The molecule has 1 heterocycles. The Hall–Kier alpha value is -2.68. The van der Waals surface area contributed by atoms with Crippen LogP contribution in [-0.4, -0.2) is 20.9 Å². The average Bonchev–Trinajstić information content (AvgIpc) is 2.81. The molecule has 0 aliphatic carbocycles. The molecule has 2 aromatic rings. The number of rotatable bonds is 3. The van der Waals surface area contributed by atoms with Gasteiger partial charge in [0.25, 0.3) is 0 Å². The molecule has 0 aliphatic rings. The minimum atomic E-state index is -0.536. The summed E-state index contributed by atoms with van der Waals surface area (Å²) in [6.07, 6.45) is 0. The Bertz CT molecular complexity index is 666. The third kappa shape index (κ3) is 2.67. The zero-order valence-electron chi connectivity index (χ0n) is 11.6. The summed E-state index contributed by atoms with van der Waals surface area (Å²) in [4.78, 5) is 12.2. The molecule has 0 spiro atoms. The number of nitrogens with zero attached hydrogens (tertiary/aromatic N) is 4. The van der Waals surface area contributed by atoms with Gasteiger partial charge in [-0.2, -0.15) is 5.26 Å². The van der Waals surface area contributed by atoms with Gasteiger partial charge in [-0.05, 0) is 32.9 Å². The monoisotopic (exact) mass is 269 g/mol. The Kier molecular flexibility index (Phi) is 3.80. The smallest absolute Gasteiger partial charge is 0.249 e. The second kappa shape index (κ2) is 5.53. The van der Waals surface area contributed by atoms with E-state index in [1.807, 2.05) is 37.3 Å². The summed E-state index contributed by atoms with van der Waals surface area (Å²) in [6, 6.07) is 8.94. The van der Waals surface area contributed by atoms with Crippen LogP contribution >= 0.6 is 0 Å². The number of hydrogen-bond donors (Lipinski definition) is 1. The van der Waals surface area contributed by atoms with Crippen molar-refractivity contribution in [3.05, 3.63) is 41.2 Å². The Morgan fingerprint density at radius 2 is 2.00 bits per heavy atom. The molecule has 102 valence electrons. The first-order valence-corrected chi connectivity index (χ1v) is 6.22. The Morgan fingerprint density at radius 3 is 2.55 bits per heavy atom. The number of nitrogens with one attached hydrogen (secondary N) is 1. The van der Waals surface area contributed by atoms with Crippen molar-refractivity contribution in [1.82, 2.24) is 15.0 Å². The topological polar surface area (TPSA) is 83.6 Å². The van der Waals surface area contributed by atoms with Gasteiger partial charge < -0.3 is 5.32 Å². The molecule has 6 heteroatoms. The molecule has 20 heavy (non-hydrogen) atoms. The van der Waals surface area contributed by atoms with E-state index in [1.54, 1.807) is 13.8 Å². The highest BCUT2D eigenvalue weighted by atomic mass is 16.2. The highest BCUT2D eigenvalue weighted by Crippen LogP contribution is 2.14. The van der Waals surface area contributed by atoms with Crippen LogP contribution in [0.2, 0.25) is 0 Å². The van der Waals surface area contributed by atoms with Gasteiger partial charge in [-0.1, -0.05) is 22.9 Å². The molecule has 6 nitrogen and oxygen atoms in total. The van der Waals surface area contributed by atoms with Crippen molar-refractivity contribution in [2.45, 2.75) is 26.8 Å². The van der Waals surface area contributed by atoms with Crippen molar-refractivity contribution < 1.29 is 4.79 Å². The number of nitriles is 1. The van der Waals surface area contributed by atoms with E-state index in [9.17, 15) is 4.79 Å². The Balaban J connectivity index is 2.14. The first kappa shape index (κ1) is 13.7. The fourth-order valence-corrected chi connectivity index (χ4v) is 1.81. The zero-order chi connectivity index (χ0) is 14.7. The van der Waals surface area contributed by atoms with E-state index >= 15 is 0 Å². The molecule has 0 saturated carbocycles. The van der Waals surface area contributed by atoms with Crippen molar-refractivity contribution in [3.8, 4) is 6.07 Å². The number of carbonyl (C=O) groups is 1. The van der Waals surface area contributed by atoms with E-state index in [0.29, 0.717) is 5.69 Å². The van der Waals surface area contributed by atoms with Gasteiger partial charge in [0.15, 0.2) is 5.69 Å². The lowest BCUT2D eigenvalue weighted by atomic mass is 10.2. The van der Waals surface area contributed by atoms with Gasteiger partial charge in [-0.25, -0.2) is 4.68 Å². The summed E-state index contributed by atoms with van der Waals surface area (Å²) >= 11 is 0. The van der Waals surface area contributed by atoms with E-state index < -0.39 is 6.04 Å². The number of aryl methyl sites for hydroxylation is 1. The van der Waals surface area contributed by atoms with Crippen LogP contribution in [0.3, 0.4) is 0 Å². The van der Waals surface area contributed by atoms with E-state index in [1.165, 1.54) is 4.68 Å². The lowest BCUT2D eigenvalue weighted by molar-refractivity contribution is -0.119. The molecule has 0 bridgehead atoms. The van der Waals surface area contributed by atoms with E-state index in [0.717, 1.165) is 11.3 Å². The molecule has 0 radical (unpaired) electrons. The van der Waals surface area contributed by atoms with Crippen molar-refractivity contribution in [1.29, 1.82) is 5.26 Å². The number of carbonyl (C=O) groups excluding carboxylic acids is 1. The second-order valence-corrected chi connectivity index (χ2v) is 4.61. The molecule has 1 aromatic heterocycles. The first-order chi connectivity index (χ1) is 9.52. The number of amides is 1. The first-order valence-electron chi connectivity index (χ1n) is 6.22. The van der Waals surface area contributed by atoms with Crippen molar-refractivity contribution in [2.24, 2.45) is 0 Å². The van der Waals surface area contributed by atoms with E-state index in [2.05, 4.69) is 15.6 Å². The van der Waals surface area contributed by atoms with Gasteiger partial charge in [-0.3, -0.25) is 4.79 Å². The average molecular weight is 269 g/mol. The van der Waals surface area contributed by atoms with E-state index in [-0.39, 0.29) is 11.6 Å². The molecule has 1 aromatic carbocycles. The normalized spacial score (nSPS) is 11.7. The maximum atomic E-state index is 12.2. The minimum Gasteiger partial charge on any atom is -0.324 e. The standard InChI is InChI=1S/C14H15N5O/c1-9-4-6-12(7-5-9)16-14(20)11(3)19-10(2)13(8-15)17-18-19/h4-7,11H,1-3H3,(H,16,20). The van der Waals surface area contributed by atoms with Crippen LogP contribution in [0.4, 0.5) is 5.69 Å². The SMILES string of the molecule is Cc1ccc(NC(=O)C(C)n2nnc(C#N)c2C)cc1. The number of hydrogen-bond acceptors (Lipinski definition) is 4. The van der Waals surface area contributed by atoms with Crippen molar-refractivity contribution >= 4 is 11.6 Å². The van der Waals surface area contributed by atoms with Gasteiger partial charge >= 0.3 is 0 Å². The summed E-state index contributed by atoms with van der Waals surface area (Å²) < 4.78 is 1.45. The fourth-order valence-electron chi connectivity index (χ4n) is 1.81. The minimum absolute atomic E-state index is 0.202. The highest BCUT2D eigenvalue weighted by molar-refractivity contribution is 5.93. The molecule has 1 unspecified atom stereocenters. The van der Waals surface area contributed by atoms with Gasteiger partial charge in [0, 0.05) is 5.69 Å². The van der Waals surface area contributed by atoms with Crippen LogP contribution in [0.15, 0.2) is 24.3 Å². The molecular weight excluding hydrogens is 254 g/mol. The Labute approximate surface area is 117 Å². The summed E-state index contributed by atoms with van der Waals surface area (Å²) in [5, 5.41) is 19.2. The molecule has 2 rings (SSSR count). The largest absolute Gasteiger partial charge is 0.324 e. The third-order valence-corrected chi connectivity index (χ3v) is 3.10. The van der Waals surface area contributed by atoms with Crippen LogP contribution in [0.25, 0.3) is 0 Å². The predicted octanol–water partition coefficient (Wildman–Crippen LogP) is 1.97. The van der Waals surface area contributed by atoms with Crippen molar-refractivity contribution in [2.75, 3.05) is 5.32 Å². The van der Waals surface area contributed by atoms with Gasteiger partial charge in [-0.15, -0.1) is 5.10 Å². The third-order valence-electron chi connectivity index (χ3n) is 3.10. The maximum Gasteiger partial charge on any atom is 0.249 e. The summed E-state index contributed by atoms with van der Waals surface area (Å²) in [5.41, 5.74) is 2.67. The fraction of sp³-hybridized carbons (Fsp3) is 0.286. The lowest BCUT2D eigenvalue weighted by Crippen LogP contribution is -2.25. The van der Waals surface area contributed by atoms with Crippen LogP contribution in [0.5, 0.6) is 0 Å². The van der Waals surface area contributed by atoms with Gasteiger partial charge in [0.05, 0.1) is 5.69 Å². The van der Waals surface area contributed by atoms with Crippen LogP contribution < -0.4 is 5.32 Å².